The predicted octanol–water partition coefficient (Wildman–Crippen LogP) is 3.24. The van der Waals surface area contributed by atoms with Crippen molar-refractivity contribution < 1.29 is 9.13 Å². The van der Waals surface area contributed by atoms with Crippen molar-refractivity contribution in [2.45, 2.75) is 32.9 Å². The first kappa shape index (κ1) is 14.1. The van der Waals surface area contributed by atoms with Crippen LogP contribution in [0.15, 0.2) is 24.3 Å². The molecule has 2 nitrogen and oxygen atoms in total. The van der Waals surface area contributed by atoms with Crippen LogP contribution in [-0.2, 0) is 4.74 Å². The molecule has 0 bridgehead atoms. The molecule has 0 aliphatic carbocycles. The third-order valence-electron chi connectivity index (χ3n) is 2.91. The molecule has 96 valence electrons. The summed E-state index contributed by atoms with van der Waals surface area (Å²) in [5, 5.41) is 0. The van der Waals surface area contributed by atoms with Crippen LogP contribution in [0, 0.1) is 5.82 Å². The Hall–Kier alpha value is -0.930. The standard InChI is InChI=1S/C14H22FNO/c1-11(2)17-10-9-16(4)12(3)13-5-7-14(15)8-6-13/h5-8,11-12H,9-10H2,1-4H3. The molecule has 1 rings (SSSR count). The van der Waals surface area contributed by atoms with Crippen LogP contribution >= 0.6 is 0 Å². The topological polar surface area (TPSA) is 12.5 Å². The zero-order valence-corrected chi connectivity index (χ0v) is 11.1. The van der Waals surface area contributed by atoms with Crippen molar-refractivity contribution in [3.8, 4) is 0 Å². The van der Waals surface area contributed by atoms with Crippen molar-refractivity contribution in [2.24, 2.45) is 0 Å². The van der Waals surface area contributed by atoms with E-state index in [1.165, 1.54) is 12.1 Å². The largest absolute Gasteiger partial charge is 0.377 e. The maximum atomic E-state index is 12.8. The van der Waals surface area contributed by atoms with E-state index >= 15 is 0 Å². The Bertz CT molecular complexity index is 323. The van der Waals surface area contributed by atoms with Crippen molar-refractivity contribution in [1.29, 1.82) is 0 Å². The molecule has 3 heteroatoms. The van der Waals surface area contributed by atoms with E-state index in [1.54, 1.807) is 0 Å². The van der Waals surface area contributed by atoms with E-state index in [-0.39, 0.29) is 18.0 Å². The summed E-state index contributed by atoms with van der Waals surface area (Å²) in [6, 6.07) is 6.94. The molecule has 0 radical (unpaired) electrons. The molecule has 0 aliphatic rings. The quantitative estimate of drug-likeness (QED) is 0.755. The fourth-order valence-electron chi connectivity index (χ4n) is 1.62. The fourth-order valence-corrected chi connectivity index (χ4v) is 1.62. The molecular weight excluding hydrogens is 217 g/mol. The zero-order valence-electron chi connectivity index (χ0n) is 11.1. The Kier molecular flexibility index (Phi) is 5.59. The average Bonchev–Trinajstić information content (AvgIpc) is 2.28. The van der Waals surface area contributed by atoms with Gasteiger partial charge in [0.2, 0.25) is 0 Å². The summed E-state index contributed by atoms with van der Waals surface area (Å²) >= 11 is 0. The van der Waals surface area contributed by atoms with Crippen molar-refractivity contribution in [1.82, 2.24) is 4.90 Å². The first-order valence-electron chi connectivity index (χ1n) is 6.08. The molecule has 1 aromatic rings. The zero-order chi connectivity index (χ0) is 12.8. The van der Waals surface area contributed by atoms with E-state index < -0.39 is 0 Å². The molecule has 0 saturated carbocycles. The fraction of sp³-hybridized carbons (Fsp3) is 0.571. The van der Waals surface area contributed by atoms with Gasteiger partial charge in [0.1, 0.15) is 5.82 Å². The number of benzene rings is 1. The summed E-state index contributed by atoms with van der Waals surface area (Å²) in [6.07, 6.45) is 0.268. The molecule has 1 aromatic carbocycles. The van der Waals surface area contributed by atoms with Gasteiger partial charge in [-0.3, -0.25) is 4.90 Å². The smallest absolute Gasteiger partial charge is 0.123 e. The van der Waals surface area contributed by atoms with Gasteiger partial charge >= 0.3 is 0 Å². The van der Waals surface area contributed by atoms with Gasteiger partial charge in [0.05, 0.1) is 12.7 Å². The first-order chi connectivity index (χ1) is 8.00. The Labute approximate surface area is 103 Å². The normalized spacial score (nSPS) is 13.4. The summed E-state index contributed by atoms with van der Waals surface area (Å²) in [5.74, 6) is -0.188. The lowest BCUT2D eigenvalue weighted by Gasteiger charge is -2.25. The second-order valence-electron chi connectivity index (χ2n) is 4.63. The third kappa shape index (κ3) is 4.84. The molecule has 1 atom stereocenters. The van der Waals surface area contributed by atoms with Crippen LogP contribution in [0.4, 0.5) is 4.39 Å². The molecule has 0 amide bonds. The SMILES string of the molecule is CC(C)OCCN(C)C(C)c1ccc(F)cc1. The van der Waals surface area contributed by atoms with E-state index in [0.717, 1.165) is 18.7 Å². The van der Waals surface area contributed by atoms with Gasteiger partial charge in [-0.05, 0) is 45.5 Å². The average molecular weight is 239 g/mol. The van der Waals surface area contributed by atoms with Crippen LogP contribution < -0.4 is 0 Å². The van der Waals surface area contributed by atoms with Gasteiger partial charge in [0.15, 0.2) is 0 Å². The second-order valence-corrected chi connectivity index (χ2v) is 4.63. The van der Waals surface area contributed by atoms with Gasteiger partial charge in [-0.1, -0.05) is 12.1 Å². The highest BCUT2D eigenvalue weighted by molar-refractivity contribution is 5.19. The van der Waals surface area contributed by atoms with E-state index in [9.17, 15) is 4.39 Å². The summed E-state index contributed by atoms with van der Waals surface area (Å²) in [5.41, 5.74) is 1.12. The van der Waals surface area contributed by atoms with Gasteiger partial charge in [-0.2, -0.15) is 0 Å². The van der Waals surface area contributed by atoms with Crippen LogP contribution in [0.3, 0.4) is 0 Å². The monoisotopic (exact) mass is 239 g/mol. The lowest BCUT2D eigenvalue weighted by atomic mass is 10.1. The van der Waals surface area contributed by atoms with Gasteiger partial charge in [0, 0.05) is 12.6 Å². The molecule has 0 N–H and O–H groups in total. The van der Waals surface area contributed by atoms with Gasteiger partial charge in [-0.15, -0.1) is 0 Å². The van der Waals surface area contributed by atoms with Crippen LogP contribution in [-0.4, -0.2) is 31.2 Å². The molecule has 0 aromatic heterocycles. The minimum absolute atomic E-state index is 0.188. The summed E-state index contributed by atoms with van der Waals surface area (Å²) in [6.45, 7) is 7.77. The number of halogens is 1. The number of nitrogens with zero attached hydrogens (tertiary/aromatic N) is 1. The minimum atomic E-state index is -0.188. The second kappa shape index (κ2) is 6.72. The highest BCUT2D eigenvalue weighted by Gasteiger charge is 2.11. The van der Waals surface area contributed by atoms with E-state index in [1.807, 2.05) is 26.0 Å². The number of likely N-dealkylation sites (N-methyl/N-ethyl adjacent to an activating group) is 1. The third-order valence-corrected chi connectivity index (χ3v) is 2.91. The van der Waals surface area contributed by atoms with Crippen molar-refractivity contribution in [3.05, 3.63) is 35.6 Å². The highest BCUT2D eigenvalue weighted by Crippen LogP contribution is 2.18. The van der Waals surface area contributed by atoms with Gasteiger partial charge in [-0.25, -0.2) is 4.39 Å². The minimum Gasteiger partial charge on any atom is -0.377 e. The van der Waals surface area contributed by atoms with Crippen LogP contribution in [0.1, 0.15) is 32.4 Å². The lowest BCUT2D eigenvalue weighted by molar-refractivity contribution is 0.0573. The van der Waals surface area contributed by atoms with Crippen molar-refractivity contribution in [3.63, 3.8) is 0 Å². The van der Waals surface area contributed by atoms with E-state index in [2.05, 4.69) is 18.9 Å². The first-order valence-corrected chi connectivity index (χ1v) is 6.08. The number of hydrogen-bond acceptors (Lipinski definition) is 2. The summed E-state index contributed by atoms with van der Waals surface area (Å²) < 4.78 is 18.3. The van der Waals surface area contributed by atoms with Gasteiger partial charge in [0.25, 0.3) is 0 Å². The maximum Gasteiger partial charge on any atom is 0.123 e. The van der Waals surface area contributed by atoms with Crippen LogP contribution in [0.5, 0.6) is 0 Å². The number of ether oxygens (including phenoxy) is 1. The summed E-state index contributed by atoms with van der Waals surface area (Å²) in [7, 11) is 2.05. The number of rotatable bonds is 6. The van der Waals surface area contributed by atoms with Crippen molar-refractivity contribution in [2.75, 3.05) is 20.2 Å². The van der Waals surface area contributed by atoms with Crippen molar-refractivity contribution >= 4 is 0 Å². The maximum absolute atomic E-state index is 12.8. The number of hydrogen-bond donors (Lipinski definition) is 0. The van der Waals surface area contributed by atoms with E-state index in [0.29, 0.717) is 0 Å². The molecule has 0 heterocycles. The Morgan fingerprint density at radius 1 is 1.18 bits per heavy atom. The van der Waals surface area contributed by atoms with Gasteiger partial charge < -0.3 is 4.74 Å². The Morgan fingerprint density at radius 2 is 1.76 bits per heavy atom. The molecule has 0 saturated heterocycles. The highest BCUT2D eigenvalue weighted by atomic mass is 19.1. The molecule has 0 spiro atoms. The molecular formula is C14H22FNO. The van der Waals surface area contributed by atoms with Crippen LogP contribution in [0.2, 0.25) is 0 Å². The summed E-state index contributed by atoms with van der Waals surface area (Å²) in [4.78, 5) is 2.20. The van der Waals surface area contributed by atoms with Crippen LogP contribution in [0.25, 0.3) is 0 Å². The van der Waals surface area contributed by atoms with E-state index in [4.69, 9.17) is 4.74 Å². The molecule has 0 aliphatic heterocycles. The molecule has 1 unspecified atom stereocenters. The Balaban J connectivity index is 2.45. The molecule has 17 heavy (non-hydrogen) atoms. The predicted molar refractivity (Wildman–Crippen MR) is 68.5 cm³/mol. The molecule has 0 fully saturated rings. The Morgan fingerprint density at radius 3 is 2.29 bits per heavy atom. The lowest BCUT2D eigenvalue weighted by Crippen LogP contribution is -2.27.